The van der Waals surface area contributed by atoms with E-state index in [2.05, 4.69) is 0 Å². The van der Waals surface area contributed by atoms with Crippen molar-refractivity contribution in [2.75, 3.05) is 0 Å². The Labute approximate surface area is 110 Å². The number of hydrogen-bond donors (Lipinski definition) is 2. The van der Waals surface area contributed by atoms with Gasteiger partial charge >= 0.3 is 0 Å². The van der Waals surface area contributed by atoms with Crippen molar-refractivity contribution in [1.82, 2.24) is 0 Å². The molecule has 100 valence electrons. The van der Waals surface area contributed by atoms with Crippen molar-refractivity contribution < 1.29 is 10.2 Å². The van der Waals surface area contributed by atoms with E-state index in [0.29, 0.717) is 0 Å². The Morgan fingerprint density at radius 1 is 1.06 bits per heavy atom. The molecule has 0 saturated carbocycles. The van der Waals surface area contributed by atoms with Crippen LogP contribution in [0.5, 0.6) is 0 Å². The van der Waals surface area contributed by atoms with Crippen molar-refractivity contribution in [3.63, 3.8) is 0 Å². The maximum Gasteiger partial charge on any atom is 0.109 e. The smallest absolute Gasteiger partial charge is 0.109 e. The molecule has 2 nitrogen and oxygen atoms in total. The van der Waals surface area contributed by atoms with Crippen molar-refractivity contribution in [3.8, 4) is 0 Å². The average Bonchev–Trinajstić information content (AvgIpc) is 2.46. The minimum Gasteiger partial charge on any atom is -0.385 e. The van der Waals surface area contributed by atoms with Crippen molar-refractivity contribution in [1.29, 1.82) is 0 Å². The lowest BCUT2D eigenvalue weighted by molar-refractivity contribution is 0.0431. The highest BCUT2D eigenvalue weighted by atomic mass is 16.3. The number of benzene rings is 1. The van der Waals surface area contributed by atoms with Crippen LogP contribution in [0.3, 0.4) is 0 Å². The van der Waals surface area contributed by atoms with Crippen LogP contribution in [0, 0.1) is 0 Å². The van der Waals surface area contributed by atoms with E-state index in [-0.39, 0.29) is 0 Å². The standard InChI is InChI=1S/C14H18O2.C2H6/c1-3-8-11(4-2)13(15)14(16)12-9-6-5-7-10-12;1-2/h3-10,13-16H,1-2H3;1-2H3/b8-3-,11-4+;. The third-order valence-electron chi connectivity index (χ3n) is 2.47. The fraction of sp³-hybridized carbons (Fsp3) is 0.375. The second kappa shape index (κ2) is 9.63. The van der Waals surface area contributed by atoms with Gasteiger partial charge in [0.1, 0.15) is 12.2 Å². The summed E-state index contributed by atoms with van der Waals surface area (Å²) in [5, 5.41) is 20.0. The summed E-state index contributed by atoms with van der Waals surface area (Å²) in [6.45, 7) is 7.72. The lowest BCUT2D eigenvalue weighted by atomic mass is 9.98. The first-order valence-electron chi connectivity index (χ1n) is 6.40. The van der Waals surface area contributed by atoms with E-state index in [0.717, 1.165) is 11.1 Å². The van der Waals surface area contributed by atoms with Crippen LogP contribution in [0.1, 0.15) is 39.4 Å². The minimum absolute atomic E-state index is 0.721. The number of aliphatic hydroxyl groups is 2. The van der Waals surface area contributed by atoms with Gasteiger partial charge in [0, 0.05) is 0 Å². The normalized spacial score (nSPS) is 14.9. The molecular weight excluding hydrogens is 224 g/mol. The highest BCUT2D eigenvalue weighted by Crippen LogP contribution is 2.22. The molecule has 2 heteroatoms. The quantitative estimate of drug-likeness (QED) is 0.799. The molecule has 0 heterocycles. The van der Waals surface area contributed by atoms with Gasteiger partial charge in [0.05, 0.1) is 0 Å². The second-order valence-corrected chi connectivity index (χ2v) is 3.59. The first-order valence-corrected chi connectivity index (χ1v) is 6.40. The number of rotatable bonds is 4. The van der Waals surface area contributed by atoms with E-state index in [1.54, 1.807) is 24.3 Å². The van der Waals surface area contributed by atoms with Crippen LogP contribution >= 0.6 is 0 Å². The van der Waals surface area contributed by atoms with Crippen molar-refractivity contribution >= 4 is 0 Å². The fourth-order valence-corrected chi connectivity index (χ4v) is 1.57. The molecule has 2 N–H and O–H groups in total. The van der Waals surface area contributed by atoms with E-state index < -0.39 is 12.2 Å². The van der Waals surface area contributed by atoms with Crippen LogP contribution in [-0.4, -0.2) is 16.3 Å². The summed E-state index contributed by atoms with van der Waals surface area (Å²) < 4.78 is 0. The van der Waals surface area contributed by atoms with Crippen molar-refractivity contribution in [2.45, 2.75) is 39.9 Å². The van der Waals surface area contributed by atoms with Crippen LogP contribution in [0.25, 0.3) is 0 Å². The van der Waals surface area contributed by atoms with Crippen LogP contribution in [0.4, 0.5) is 0 Å². The molecule has 0 aromatic heterocycles. The van der Waals surface area contributed by atoms with E-state index >= 15 is 0 Å². The van der Waals surface area contributed by atoms with Crippen LogP contribution in [0.15, 0.2) is 54.1 Å². The van der Waals surface area contributed by atoms with Gasteiger partial charge in [-0.1, -0.05) is 62.4 Å². The van der Waals surface area contributed by atoms with Crippen LogP contribution < -0.4 is 0 Å². The van der Waals surface area contributed by atoms with Gasteiger partial charge in [-0.15, -0.1) is 0 Å². The fourth-order valence-electron chi connectivity index (χ4n) is 1.57. The van der Waals surface area contributed by atoms with Crippen molar-refractivity contribution in [2.24, 2.45) is 0 Å². The number of allylic oxidation sites excluding steroid dienone is 2. The Bertz CT molecular complexity index is 366. The molecule has 1 aromatic rings. The average molecular weight is 248 g/mol. The van der Waals surface area contributed by atoms with E-state index in [4.69, 9.17) is 0 Å². The highest BCUT2D eigenvalue weighted by molar-refractivity contribution is 5.28. The summed E-state index contributed by atoms with van der Waals surface area (Å²) in [6, 6.07) is 9.17. The summed E-state index contributed by atoms with van der Waals surface area (Å²) in [6.07, 6.45) is 3.68. The molecule has 2 atom stereocenters. The Hall–Kier alpha value is -1.38. The molecule has 18 heavy (non-hydrogen) atoms. The Balaban J connectivity index is 0.00000137. The van der Waals surface area contributed by atoms with Gasteiger partial charge in [-0.3, -0.25) is 0 Å². The van der Waals surface area contributed by atoms with Gasteiger partial charge in [-0.25, -0.2) is 0 Å². The molecule has 1 rings (SSSR count). The first-order chi connectivity index (χ1) is 8.70. The maximum absolute atomic E-state index is 9.99. The lowest BCUT2D eigenvalue weighted by Crippen LogP contribution is -2.19. The number of hydrogen-bond acceptors (Lipinski definition) is 2. The molecule has 0 spiro atoms. The van der Waals surface area contributed by atoms with Crippen LogP contribution in [0.2, 0.25) is 0 Å². The third kappa shape index (κ3) is 4.86. The molecule has 1 aromatic carbocycles. The molecule has 0 amide bonds. The highest BCUT2D eigenvalue weighted by Gasteiger charge is 2.19. The Morgan fingerprint density at radius 2 is 1.61 bits per heavy atom. The largest absolute Gasteiger partial charge is 0.385 e. The zero-order valence-electron chi connectivity index (χ0n) is 11.7. The molecule has 0 aliphatic heterocycles. The monoisotopic (exact) mass is 248 g/mol. The van der Waals surface area contributed by atoms with Crippen LogP contribution in [-0.2, 0) is 0 Å². The van der Waals surface area contributed by atoms with Gasteiger partial charge in [0.15, 0.2) is 0 Å². The molecular formula is C16H24O2. The summed E-state index contributed by atoms with van der Waals surface area (Å²) in [7, 11) is 0. The predicted octanol–water partition coefficient (Wildman–Crippen LogP) is 3.63. The summed E-state index contributed by atoms with van der Waals surface area (Å²) in [4.78, 5) is 0. The van der Waals surface area contributed by atoms with E-state index in [9.17, 15) is 10.2 Å². The first kappa shape index (κ1) is 16.6. The minimum atomic E-state index is -0.886. The molecule has 0 radical (unpaired) electrons. The van der Waals surface area contributed by atoms with E-state index in [1.165, 1.54) is 0 Å². The zero-order valence-corrected chi connectivity index (χ0v) is 11.7. The topological polar surface area (TPSA) is 40.5 Å². The SMILES string of the molecule is C/C=C\C(=C/C)C(O)C(O)c1ccccc1.CC. The van der Waals surface area contributed by atoms with Gasteiger partial charge in [0.2, 0.25) is 0 Å². The number of aliphatic hydroxyl groups excluding tert-OH is 2. The summed E-state index contributed by atoms with van der Waals surface area (Å²) >= 11 is 0. The third-order valence-corrected chi connectivity index (χ3v) is 2.47. The zero-order chi connectivity index (χ0) is 14.0. The van der Waals surface area contributed by atoms with Crippen molar-refractivity contribution in [3.05, 3.63) is 59.7 Å². The molecule has 0 aliphatic rings. The predicted molar refractivity (Wildman–Crippen MR) is 77.3 cm³/mol. The Kier molecular flexibility index (Phi) is 8.89. The molecule has 0 saturated heterocycles. The molecule has 0 aliphatic carbocycles. The Morgan fingerprint density at radius 3 is 2.06 bits per heavy atom. The molecule has 0 bridgehead atoms. The summed E-state index contributed by atoms with van der Waals surface area (Å²) in [5.41, 5.74) is 1.44. The summed E-state index contributed by atoms with van der Waals surface area (Å²) in [5.74, 6) is 0. The second-order valence-electron chi connectivity index (χ2n) is 3.59. The van der Waals surface area contributed by atoms with Gasteiger partial charge < -0.3 is 10.2 Å². The lowest BCUT2D eigenvalue weighted by Gasteiger charge is -2.19. The maximum atomic E-state index is 9.99. The van der Waals surface area contributed by atoms with E-state index in [1.807, 2.05) is 52.0 Å². The van der Waals surface area contributed by atoms with Gasteiger partial charge in [-0.2, -0.15) is 0 Å². The van der Waals surface area contributed by atoms with Gasteiger partial charge in [-0.05, 0) is 25.0 Å². The molecule has 2 unspecified atom stereocenters. The molecule has 0 fully saturated rings. The van der Waals surface area contributed by atoms with Gasteiger partial charge in [0.25, 0.3) is 0 Å².